The molecule has 4 nitrogen and oxygen atoms in total. The minimum Gasteiger partial charge on any atom is -0.339 e. The summed E-state index contributed by atoms with van der Waals surface area (Å²) in [7, 11) is 0. The van der Waals surface area contributed by atoms with Crippen molar-refractivity contribution in [1.82, 2.24) is 4.90 Å². The molecule has 0 unspecified atom stereocenters. The van der Waals surface area contributed by atoms with Crippen LogP contribution < -0.4 is 4.90 Å². The largest absolute Gasteiger partial charge is 0.339 e. The fraction of sp³-hybridized carbons (Fsp3) is 0.300. The van der Waals surface area contributed by atoms with E-state index in [2.05, 4.69) is 0 Å². The molecule has 0 aliphatic carbocycles. The molecule has 0 aromatic heterocycles. The van der Waals surface area contributed by atoms with Gasteiger partial charge in [-0.2, -0.15) is 0 Å². The van der Waals surface area contributed by atoms with Crippen LogP contribution in [-0.2, 0) is 6.42 Å². The molecule has 5 heteroatoms. The van der Waals surface area contributed by atoms with Gasteiger partial charge in [-0.1, -0.05) is 6.07 Å². The quantitative estimate of drug-likeness (QED) is 0.843. The lowest BCUT2D eigenvalue weighted by molar-refractivity contribution is 0.0791. The van der Waals surface area contributed by atoms with E-state index < -0.39 is 0 Å². The maximum atomic E-state index is 13.1. The van der Waals surface area contributed by atoms with E-state index in [4.69, 9.17) is 0 Å². The third-order valence-electron chi connectivity index (χ3n) is 4.99. The van der Waals surface area contributed by atoms with Crippen molar-refractivity contribution in [2.45, 2.75) is 19.3 Å². The molecule has 0 saturated carbocycles. The zero-order chi connectivity index (χ0) is 17.4. The first-order valence-corrected chi connectivity index (χ1v) is 8.64. The number of hydrogen-bond donors (Lipinski definition) is 0. The Morgan fingerprint density at radius 2 is 1.60 bits per heavy atom. The number of likely N-dealkylation sites (tertiary alicyclic amines) is 1. The van der Waals surface area contributed by atoms with Gasteiger partial charge in [0, 0.05) is 36.4 Å². The number of hydrogen-bond acceptors (Lipinski definition) is 2. The number of amides is 2. The second kappa shape index (κ2) is 6.31. The highest BCUT2D eigenvalue weighted by Crippen LogP contribution is 2.33. The molecule has 0 N–H and O–H groups in total. The highest BCUT2D eigenvalue weighted by atomic mass is 19.1. The third-order valence-corrected chi connectivity index (χ3v) is 4.99. The summed E-state index contributed by atoms with van der Waals surface area (Å²) in [6.07, 6.45) is 2.77. The Kier molecular flexibility index (Phi) is 3.99. The average molecular weight is 338 g/mol. The van der Waals surface area contributed by atoms with Crippen molar-refractivity contribution in [3.8, 4) is 0 Å². The second-order valence-corrected chi connectivity index (χ2v) is 6.52. The molecule has 2 aliphatic rings. The van der Waals surface area contributed by atoms with Crippen molar-refractivity contribution < 1.29 is 14.0 Å². The molecule has 2 heterocycles. The van der Waals surface area contributed by atoms with Gasteiger partial charge >= 0.3 is 0 Å². The van der Waals surface area contributed by atoms with Gasteiger partial charge in [0.2, 0.25) is 0 Å². The van der Waals surface area contributed by atoms with E-state index in [1.165, 1.54) is 24.3 Å². The van der Waals surface area contributed by atoms with Gasteiger partial charge < -0.3 is 9.80 Å². The first-order chi connectivity index (χ1) is 12.1. The number of carbonyl (C=O) groups excluding carboxylic acids is 2. The van der Waals surface area contributed by atoms with E-state index in [1.807, 2.05) is 23.1 Å². The molecule has 2 aliphatic heterocycles. The first kappa shape index (κ1) is 15.8. The van der Waals surface area contributed by atoms with Crippen molar-refractivity contribution in [2.75, 3.05) is 24.5 Å². The highest BCUT2D eigenvalue weighted by Gasteiger charge is 2.30. The van der Waals surface area contributed by atoms with Crippen LogP contribution >= 0.6 is 0 Å². The number of rotatable bonds is 2. The molecule has 2 aromatic rings. The van der Waals surface area contributed by atoms with Crippen molar-refractivity contribution in [3.05, 3.63) is 65.0 Å². The molecule has 1 saturated heterocycles. The SMILES string of the molecule is O=C(c1cccc2c1CCN2C(=O)c1ccc(F)cc1)N1CCCC1. The van der Waals surface area contributed by atoms with Crippen LogP contribution in [0.2, 0.25) is 0 Å². The summed E-state index contributed by atoms with van der Waals surface area (Å²) < 4.78 is 13.1. The molecular weight excluding hydrogens is 319 g/mol. The van der Waals surface area contributed by atoms with E-state index in [0.29, 0.717) is 24.1 Å². The van der Waals surface area contributed by atoms with E-state index in [0.717, 1.165) is 37.2 Å². The molecular formula is C20H19FN2O2. The van der Waals surface area contributed by atoms with Crippen LogP contribution in [0.25, 0.3) is 0 Å². The van der Waals surface area contributed by atoms with Gasteiger partial charge in [0.15, 0.2) is 0 Å². The maximum Gasteiger partial charge on any atom is 0.258 e. The predicted octanol–water partition coefficient (Wildman–Crippen LogP) is 3.26. The second-order valence-electron chi connectivity index (χ2n) is 6.52. The molecule has 0 radical (unpaired) electrons. The summed E-state index contributed by atoms with van der Waals surface area (Å²) in [5.74, 6) is -0.466. The predicted molar refractivity (Wildman–Crippen MR) is 93.4 cm³/mol. The van der Waals surface area contributed by atoms with Crippen LogP contribution in [0.3, 0.4) is 0 Å². The van der Waals surface area contributed by atoms with Gasteiger partial charge in [0.25, 0.3) is 11.8 Å². The van der Waals surface area contributed by atoms with Crippen molar-refractivity contribution in [3.63, 3.8) is 0 Å². The van der Waals surface area contributed by atoms with Gasteiger partial charge in [0.05, 0.1) is 0 Å². The van der Waals surface area contributed by atoms with Gasteiger partial charge in [-0.3, -0.25) is 9.59 Å². The number of carbonyl (C=O) groups is 2. The molecule has 0 bridgehead atoms. The molecule has 2 aromatic carbocycles. The Labute approximate surface area is 145 Å². The molecule has 25 heavy (non-hydrogen) atoms. The Bertz CT molecular complexity index is 826. The topological polar surface area (TPSA) is 40.6 Å². The molecule has 128 valence electrons. The number of benzene rings is 2. The standard InChI is InChI=1S/C20H19FN2O2/c21-15-8-6-14(7-9-15)19(24)23-13-10-16-17(4-3-5-18(16)23)20(25)22-11-1-2-12-22/h3-9H,1-2,10-13H2. The molecule has 4 rings (SSSR count). The molecule has 2 amide bonds. The number of nitrogens with zero attached hydrogens (tertiary/aromatic N) is 2. The average Bonchev–Trinajstić information content (AvgIpc) is 3.30. The Hall–Kier alpha value is -2.69. The summed E-state index contributed by atoms with van der Waals surface area (Å²) in [6.45, 7) is 2.15. The van der Waals surface area contributed by atoms with Crippen LogP contribution in [0.1, 0.15) is 39.1 Å². The number of fused-ring (bicyclic) bond motifs is 1. The highest BCUT2D eigenvalue weighted by molar-refractivity contribution is 6.08. The molecule has 1 fully saturated rings. The normalized spacial score (nSPS) is 16.2. The minimum atomic E-state index is -0.364. The van der Waals surface area contributed by atoms with Gasteiger partial charge in [-0.05, 0) is 61.2 Å². The Morgan fingerprint density at radius 3 is 2.32 bits per heavy atom. The van der Waals surface area contributed by atoms with E-state index in [9.17, 15) is 14.0 Å². The van der Waals surface area contributed by atoms with Gasteiger partial charge in [-0.15, -0.1) is 0 Å². The van der Waals surface area contributed by atoms with Crippen LogP contribution in [-0.4, -0.2) is 36.3 Å². The van der Waals surface area contributed by atoms with Crippen molar-refractivity contribution >= 4 is 17.5 Å². The Morgan fingerprint density at radius 1 is 0.880 bits per heavy atom. The van der Waals surface area contributed by atoms with Gasteiger partial charge in [-0.25, -0.2) is 4.39 Å². The molecule has 0 spiro atoms. The lowest BCUT2D eigenvalue weighted by Crippen LogP contribution is -2.29. The monoisotopic (exact) mass is 338 g/mol. The summed E-state index contributed by atoms with van der Waals surface area (Å²) in [5.41, 5.74) is 2.88. The summed E-state index contributed by atoms with van der Waals surface area (Å²) in [6, 6.07) is 11.1. The molecule has 0 atom stereocenters. The zero-order valence-corrected chi connectivity index (χ0v) is 13.9. The minimum absolute atomic E-state index is 0.0606. The summed E-state index contributed by atoms with van der Waals surface area (Å²) in [4.78, 5) is 29.1. The zero-order valence-electron chi connectivity index (χ0n) is 13.9. The van der Waals surface area contributed by atoms with Crippen LogP contribution in [0, 0.1) is 5.82 Å². The van der Waals surface area contributed by atoms with Crippen LogP contribution in [0.4, 0.5) is 10.1 Å². The number of anilines is 1. The van der Waals surface area contributed by atoms with Crippen molar-refractivity contribution in [1.29, 1.82) is 0 Å². The number of halogens is 1. The smallest absolute Gasteiger partial charge is 0.258 e. The summed E-state index contributed by atoms with van der Waals surface area (Å²) >= 11 is 0. The van der Waals surface area contributed by atoms with E-state index >= 15 is 0 Å². The fourth-order valence-electron chi connectivity index (χ4n) is 3.68. The van der Waals surface area contributed by atoms with E-state index in [-0.39, 0.29) is 17.6 Å². The van der Waals surface area contributed by atoms with Crippen LogP contribution in [0.15, 0.2) is 42.5 Å². The fourth-order valence-corrected chi connectivity index (χ4v) is 3.68. The van der Waals surface area contributed by atoms with Crippen molar-refractivity contribution in [2.24, 2.45) is 0 Å². The lowest BCUT2D eigenvalue weighted by Gasteiger charge is -2.19. The van der Waals surface area contributed by atoms with Gasteiger partial charge in [0.1, 0.15) is 5.82 Å². The lowest BCUT2D eigenvalue weighted by atomic mass is 10.0. The Balaban J connectivity index is 1.64. The first-order valence-electron chi connectivity index (χ1n) is 8.64. The van der Waals surface area contributed by atoms with Crippen LogP contribution in [0.5, 0.6) is 0 Å². The maximum absolute atomic E-state index is 13.1. The van der Waals surface area contributed by atoms with E-state index in [1.54, 1.807) is 4.90 Å². The third kappa shape index (κ3) is 2.80. The summed E-state index contributed by atoms with van der Waals surface area (Å²) in [5, 5.41) is 0.